The fraction of sp³-hybridized carbons (Fsp3) is 0.258. The van der Waals surface area contributed by atoms with Crippen LogP contribution < -0.4 is 24.3 Å². The van der Waals surface area contributed by atoms with E-state index in [2.05, 4.69) is 23.3 Å². The molecule has 1 amide bonds. The van der Waals surface area contributed by atoms with Gasteiger partial charge in [-0.05, 0) is 75.2 Å². The first-order valence-electron chi connectivity index (χ1n) is 12.7. The van der Waals surface area contributed by atoms with Crippen LogP contribution in [0.25, 0.3) is 0 Å². The third-order valence-electron chi connectivity index (χ3n) is 7.05. The van der Waals surface area contributed by atoms with Gasteiger partial charge in [-0.3, -0.25) is 0 Å². The van der Waals surface area contributed by atoms with Crippen molar-refractivity contribution in [3.05, 3.63) is 101 Å². The summed E-state index contributed by atoms with van der Waals surface area (Å²) in [7, 11) is 1.58. The Morgan fingerprint density at radius 3 is 2.28 bits per heavy atom. The van der Waals surface area contributed by atoms with E-state index in [1.165, 1.54) is 0 Å². The number of aromatic nitrogens is 1. The number of fused-ring (bicyclic) bond motifs is 4. The molecule has 2 atom stereocenters. The molecule has 1 aromatic heterocycles. The van der Waals surface area contributed by atoms with Gasteiger partial charge in [0.15, 0.2) is 0 Å². The zero-order chi connectivity index (χ0) is 27.6. The zero-order valence-electron chi connectivity index (χ0n) is 22.3. The molecule has 0 saturated carbocycles. The number of nitrogens with zero attached hydrogens (tertiary/aromatic N) is 1. The summed E-state index contributed by atoms with van der Waals surface area (Å²) in [6.07, 6.45) is 3.96. The second kappa shape index (κ2) is 10.6. The molecule has 5 rings (SSSR count). The lowest BCUT2D eigenvalue weighted by Crippen LogP contribution is -2.54. The minimum atomic E-state index is -0.872. The van der Waals surface area contributed by atoms with Crippen molar-refractivity contribution in [1.29, 1.82) is 0 Å². The van der Waals surface area contributed by atoms with E-state index < -0.39 is 17.8 Å². The van der Waals surface area contributed by atoms with Crippen molar-refractivity contribution in [3.8, 4) is 23.1 Å². The van der Waals surface area contributed by atoms with Crippen LogP contribution in [0.2, 0.25) is 0 Å². The summed E-state index contributed by atoms with van der Waals surface area (Å²) in [5.74, 6) is 1.61. The Kier molecular flexibility index (Phi) is 7.11. The number of allylic oxidation sites excluding steroid dienone is 2. The van der Waals surface area contributed by atoms with Gasteiger partial charge in [-0.25, -0.2) is 14.6 Å². The van der Waals surface area contributed by atoms with Gasteiger partial charge in [-0.15, -0.1) is 0 Å². The molecule has 1 heterocycles. The van der Waals surface area contributed by atoms with E-state index >= 15 is 0 Å². The van der Waals surface area contributed by atoms with Crippen molar-refractivity contribution in [2.45, 2.75) is 39.2 Å². The van der Waals surface area contributed by atoms with Gasteiger partial charge in [0.1, 0.15) is 17.2 Å². The number of rotatable bonds is 5. The standard InChI is InChI=1S/C31H30N2O6/c1-5-25-21-16-20(3)18-31(25,33-29(34)37-23-12-10-22(36-4)11-13-23)26-14-15-28(32-27(26)17-21)39-30(35)38-24-8-6-19(2)7-9-24/h5-16,21H,17-18H2,1-4H3,(H,33,34). The summed E-state index contributed by atoms with van der Waals surface area (Å²) in [4.78, 5) is 30.3. The summed E-state index contributed by atoms with van der Waals surface area (Å²) in [5.41, 5.74) is 4.01. The monoisotopic (exact) mass is 526 g/mol. The zero-order valence-corrected chi connectivity index (χ0v) is 22.3. The number of nitrogens with one attached hydrogen (secondary N) is 1. The van der Waals surface area contributed by atoms with Gasteiger partial charge in [-0.2, -0.15) is 0 Å². The summed E-state index contributed by atoms with van der Waals surface area (Å²) < 4.78 is 21.5. The number of carbonyl (C=O) groups is 2. The van der Waals surface area contributed by atoms with Crippen molar-refractivity contribution < 1.29 is 28.5 Å². The lowest BCUT2D eigenvalue weighted by molar-refractivity contribution is 0.149. The van der Waals surface area contributed by atoms with Crippen LogP contribution >= 0.6 is 0 Å². The van der Waals surface area contributed by atoms with Crippen LogP contribution in [0, 0.1) is 12.8 Å². The van der Waals surface area contributed by atoms with Crippen LogP contribution in [-0.2, 0) is 12.0 Å². The van der Waals surface area contributed by atoms with E-state index in [-0.39, 0.29) is 11.8 Å². The minimum Gasteiger partial charge on any atom is -0.497 e. The average molecular weight is 527 g/mol. The van der Waals surface area contributed by atoms with Gasteiger partial charge >= 0.3 is 12.2 Å². The number of amides is 1. The molecule has 39 heavy (non-hydrogen) atoms. The smallest absolute Gasteiger partial charge is 0.497 e. The SMILES string of the molecule is CC=C1C2C=C(C)CC1(NC(=O)Oc1ccc(OC)cc1)c1ccc(OC(=O)Oc3ccc(C)cc3)nc1C2. The Bertz CT molecular complexity index is 1460. The molecule has 0 fully saturated rings. The molecule has 2 bridgehead atoms. The van der Waals surface area contributed by atoms with E-state index in [0.717, 1.165) is 28.0 Å². The lowest BCUT2D eigenvalue weighted by Gasteiger charge is -2.47. The highest BCUT2D eigenvalue weighted by Gasteiger charge is 2.48. The van der Waals surface area contributed by atoms with Crippen LogP contribution in [-0.4, -0.2) is 24.3 Å². The van der Waals surface area contributed by atoms with E-state index in [0.29, 0.717) is 30.1 Å². The first-order chi connectivity index (χ1) is 18.8. The Morgan fingerprint density at radius 1 is 0.923 bits per heavy atom. The molecule has 200 valence electrons. The number of pyridine rings is 1. The number of benzene rings is 2. The quantitative estimate of drug-likeness (QED) is 0.233. The second-order valence-electron chi connectivity index (χ2n) is 9.75. The number of carbonyl (C=O) groups excluding carboxylic acids is 2. The number of aryl methyl sites for hydroxylation is 1. The largest absolute Gasteiger partial charge is 0.520 e. The molecule has 2 unspecified atom stereocenters. The molecule has 2 aromatic carbocycles. The predicted octanol–water partition coefficient (Wildman–Crippen LogP) is 6.43. The minimum absolute atomic E-state index is 0.0276. The number of ether oxygens (including phenoxy) is 4. The Labute approximate surface area is 227 Å². The molecule has 1 N–H and O–H groups in total. The number of hydrogen-bond donors (Lipinski definition) is 1. The fourth-order valence-corrected chi connectivity index (χ4v) is 5.44. The summed E-state index contributed by atoms with van der Waals surface area (Å²) in [6.45, 7) is 5.98. The molecule has 0 radical (unpaired) electrons. The third-order valence-corrected chi connectivity index (χ3v) is 7.05. The van der Waals surface area contributed by atoms with Gasteiger partial charge in [0.2, 0.25) is 5.88 Å². The summed E-state index contributed by atoms with van der Waals surface area (Å²) in [5, 5.41) is 3.15. The molecule has 3 aromatic rings. The van der Waals surface area contributed by atoms with Crippen molar-refractivity contribution in [1.82, 2.24) is 10.3 Å². The van der Waals surface area contributed by atoms with Gasteiger partial charge in [0.25, 0.3) is 0 Å². The van der Waals surface area contributed by atoms with Crippen LogP contribution in [0.4, 0.5) is 9.59 Å². The van der Waals surface area contributed by atoms with E-state index in [1.54, 1.807) is 49.6 Å². The van der Waals surface area contributed by atoms with Gasteiger partial charge < -0.3 is 24.3 Å². The van der Waals surface area contributed by atoms with E-state index in [4.69, 9.17) is 18.9 Å². The molecule has 8 heteroatoms. The second-order valence-corrected chi connectivity index (χ2v) is 9.75. The third kappa shape index (κ3) is 5.36. The fourth-order valence-electron chi connectivity index (χ4n) is 5.44. The van der Waals surface area contributed by atoms with Crippen molar-refractivity contribution in [2.24, 2.45) is 5.92 Å². The molecule has 0 saturated heterocycles. The highest BCUT2D eigenvalue weighted by molar-refractivity contribution is 5.74. The Balaban J connectivity index is 1.41. The van der Waals surface area contributed by atoms with Gasteiger partial charge in [-0.1, -0.05) is 35.4 Å². The molecule has 2 aliphatic rings. The normalized spacial score (nSPS) is 20.4. The Morgan fingerprint density at radius 2 is 1.59 bits per heavy atom. The Hall–Kier alpha value is -4.59. The van der Waals surface area contributed by atoms with Crippen molar-refractivity contribution in [3.63, 3.8) is 0 Å². The maximum absolute atomic E-state index is 13.2. The maximum atomic E-state index is 13.2. The molecule has 8 nitrogen and oxygen atoms in total. The number of methoxy groups -OCH3 is 1. The van der Waals surface area contributed by atoms with Crippen LogP contribution in [0.15, 0.2) is 84.0 Å². The molecular formula is C31H30N2O6. The highest BCUT2D eigenvalue weighted by atomic mass is 16.7. The number of hydrogen-bond acceptors (Lipinski definition) is 7. The highest BCUT2D eigenvalue weighted by Crippen LogP contribution is 2.50. The first-order valence-corrected chi connectivity index (χ1v) is 12.7. The summed E-state index contributed by atoms with van der Waals surface area (Å²) in [6, 6.07) is 17.4. The molecule has 0 spiro atoms. The summed E-state index contributed by atoms with van der Waals surface area (Å²) >= 11 is 0. The maximum Gasteiger partial charge on any atom is 0.520 e. The van der Waals surface area contributed by atoms with Gasteiger partial charge in [0.05, 0.1) is 18.3 Å². The lowest BCUT2D eigenvalue weighted by atomic mass is 9.63. The van der Waals surface area contributed by atoms with Gasteiger partial charge in [0, 0.05) is 24.0 Å². The predicted molar refractivity (Wildman–Crippen MR) is 145 cm³/mol. The first kappa shape index (κ1) is 26.0. The van der Waals surface area contributed by atoms with E-state index in [1.807, 2.05) is 38.1 Å². The van der Waals surface area contributed by atoms with Crippen LogP contribution in [0.5, 0.6) is 23.1 Å². The molecule has 0 aliphatic heterocycles. The average Bonchev–Trinajstić information content (AvgIpc) is 2.90. The molecule has 2 aliphatic carbocycles. The van der Waals surface area contributed by atoms with Crippen LogP contribution in [0.1, 0.15) is 37.1 Å². The molecular weight excluding hydrogens is 496 g/mol. The van der Waals surface area contributed by atoms with Crippen molar-refractivity contribution in [2.75, 3.05) is 7.11 Å². The topological polar surface area (TPSA) is 96.0 Å². The van der Waals surface area contributed by atoms with Crippen molar-refractivity contribution >= 4 is 12.2 Å². The van der Waals surface area contributed by atoms with E-state index in [9.17, 15) is 9.59 Å². The van der Waals surface area contributed by atoms with Crippen LogP contribution in [0.3, 0.4) is 0 Å².